The van der Waals surface area contributed by atoms with Gasteiger partial charge < -0.3 is 9.84 Å². The number of aryl methyl sites for hydroxylation is 1. The summed E-state index contributed by atoms with van der Waals surface area (Å²) >= 11 is 0. The smallest absolute Gasteiger partial charge is 0.221 e. The van der Waals surface area contributed by atoms with Gasteiger partial charge in [0.2, 0.25) is 5.91 Å². The molecule has 0 fully saturated rings. The maximum absolute atomic E-state index is 10.9. The highest BCUT2D eigenvalue weighted by Gasteiger charge is 2.12. The lowest BCUT2D eigenvalue weighted by Gasteiger charge is -1.98. The number of hydrogen-bond acceptors (Lipinski definition) is 4. The van der Waals surface area contributed by atoms with E-state index in [2.05, 4.69) is 20.7 Å². The molecule has 78 valence electrons. The zero-order valence-corrected chi connectivity index (χ0v) is 8.37. The number of carbonyl (C=O) groups excluding carboxylic acids is 1. The van der Waals surface area contributed by atoms with Crippen LogP contribution in [0.1, 0.15) is 12.7 Å². The quantitative estimate of drug-likeness (QED) is 0.776. The standard InChI is InChI=1S/C9H10N4O2/c1-5-3-7(13-15-5)9-8(4-10-12-9)11-6(2)14/h3-4H,1-2H3,(H,10,12)(H,11,14). The van der Waals surface area contributed by atoms with E-state index in [9.17, 15) is 4.79 Å². The number of rotatable bonds is 2. The lowest BCUT2D eigenvalue weighted by Crippen LogP contribution is -2.05. The Kier molecular flexibility index (Phi) is 2.24. The normalized spacial score (nSPS) is 10.3. The molecule has 0 bridgehead atoms. The zero-order valence-electron chi connectivity index (χ0n) is 8.37. The van der Waals surface area contributed by atoms with Crippen LogP contribution >= 0.6 is 0 Å². The highest BCUT2D eigenvalue weighted by Crippen LogP contribution is 2.24. The van der Waals surface area contributed by atoms with Gasteiger partial charge in [-0.3, -0.25) is 9.89 Å². The molecule has 2 rings (SSSR count). The van der Waals surface area contributed by atoms with E-state index in [4.69, 9.17) is 4.52 Å². The first-order chi connectivity index (χ1) is 7.16. The number of H-pyrrole nitrogens is 1. The van der Waals surface area contributed by atoms with Crippen LogP contribution in [0.25, 0.3) is 11.4 Å². The van der Waals surface area contributed by atoms with E-state index in [0.29, 0.717) is 22.8 Å². The highest BCUT2D eigenvalue weighted by atomic mass is 16.5. The number of amides is 1. The van der Waals surface area contributed by atoms with Crippen molar-refractivity contribution < 1.29 is 9.32 Å². The largest absolute Gasteiger partial charge is 0.361 e. The molecule has 0 radical (unpaired) electrons. The Morgan fingerprint density at radius 2 is 2.40 bits per heavy atom. The van der Waals surface area contributed by atoms with Crippen molar-refractivity contribution in [2.75, 3.05) is 5.32 Å². The molecule has 2 aromatic heterocycles. The molecule has 0 unspecified atom stereocenters. The molecular formula is C9H10N4O2. The fourth-order valence-corrected chi connectivity index (χ4v) is 1.25. The number of carbonyl (C=O) groups is 1. The van der Waals surface area contributed by atoms with Crippen LogP contribution < -0.4 is 5.32 Å². The second-order valence-corrected chi connectivity index (χ2v) is 3.16. The first kappa shape index (κ1) is 9.45. The summed E-state index contributed by atoms with van der Waals surface area (Å²) in [7, 11) is 0. The molecule has 0 saturated heterocycles. The molecule has 2 aromatic rings. The summed E-state index contributed by atoms with van der Waals surface area (Å²) in [5.41, 5.74) is 1.85. The van der Waals surface area contributed by atoms with Gasteiger partial charge in [-0.05, 0) is 6.92 Å². The van der Waals surface area contributed by atoms with E-state index >= 15 is 0 Å². The van der Waals surface area contributed by atoms with Gasteiger partial charge in [0, 0.05) is 13.0 Å². The molecule has 0 aliphatic carbocycles. The number of hydrogen-bond donors (Lipinski definition) is 2. The lowest BCUT2D eigenvalue weighted by molar-refractivity contribution is -0.114. The third-order valence-corrected chi connectivity index (χ3v) is 1.83. The van der Waals surface area contributed by atoms with Crippen molar-refractivity contribution in [1.29, 1.82) is 0 Å². The average molecular weight is 206 g/mol. The Morgan fingerprint density at radius 1 is 1.60 bits per heavy atom. The van der Waals surface area contributed by atoms with E-state index in [1.807, 2.05) is 0 Å². The number of nitrogens with zero attached hydrogens (tertiary/aromatic N) is 2. The molecule has 0 atom stereocenters. The van der Waals surface area contributed by atoms with E-state index in [1.54, 1.807) is 13.0 Å². The summed E-state index contributed by atoms with van der Waals surface area (Å²) in [5, 5.41) is 13.1. The topological polar surface area (TPSA) is 83.8 Å². The van der Waals surface area contributed by atoms with Gasteiger partial charge in [-0.25, -0.2) is 0 Å². The average Bonchev–Trinajstić information content (AvgIpc) is 2.72. The molecule has 1 amide bonds. The second-order valence-electron chi connectivity index (χ2n) is 3.16. The molecule has 0 aromatic carbocycles. The third-order valence-electron chi connectivity index (χ3n) is 1.83. The van der Waals surface area contributed by atoms with Gasteiger partial charge in [-0.1, -0.05) is 5.16 Å². The highest BCUT2D eigenvalue weighted by molar-refractivity contribution is 5.92. The predicted molar refractivity (Wildman–Crippen MR) is 53.1 cm³/mol. The van der Waals surface area contributed by atoms with Gasteiger partial charge in [0.25, 0.3) is 0 Å². The molecule has 6 nitrogen and oxygen atoms in total. The van der Waals surface area contributed by atoms with Gasteiger partial charge in [-0.2, -0.15) is 5.10 Å². The molecule has 2 heterocycles. The fraction of sp³-hybridized carbons (Fsp3) is 0.222. The first-order valence-electron chi connectivity index (χ1n) is 4.41. The first-order valence-corrected chi connectivity index (χ1v) is 4.41. The fourth-order valence-electron chi connectivity index (χ4n) is 1.25. The molecule has 6 heteroatoms. The maximum atomic E-state index is 10.9. The van der Waals surface area contributed by atoms with Crippen molar-refractivity contribution in [2.45, 2.75) is 13.8 Å². The predicted octanol–water partition coefficient (Wildman–Crippen LogP) is 1.33. The van der Waals surface area contributed by atoms with Gasteiger partial charge >= 0.3 is 0 Å². The van der Waals surface area contributed by atoms with Crippen LogP contribution in [0, 0.1) is 6.92 Å². The second kappa shape index (κ2) is 3.56. The van der Waals surface area contributed by atoms with Crippen LogP contribution in [0.5, 0.6) is 0 Å². The summed E-state index contributed by atoms with van der Waals surface area (Å²) in [6, 6.07) is 1.76. The summed E-state index contributed by atoms with van der Waals surface area (Å²) < 4.78 is 4.94. The van der Waals surface area contributed by atoms with Crippen LogP contribution in [0.4, 0.5) is 5.69 Å². The van der Waals surface area contributed by atoms with E-state index in [-0.39, 0.29) is 5.91 Å². The minimum Gasteiger partial charge on any atom is -0.361 e. The van der Waals surface area contributed by atoms with Gasteiger partial charge in [-0.15, -0.1) is 0 Å². The third kappa shape index (κ3) is 1.88. The minimum absolute atomic E-state index is 0.155. The van der Waals surface area contributed by atoms with Crippen LogP contribution in [-0.2, 0) is 4.79 Å². The zero-order chi connectivity index (χ0) is 10.8. The van der Waals surface area contributed by atoms with Crippen molar-refractivity contribution in [3.8, 4) is 11.4 Å². The van der Waals surface area contributed by atoms with Gasteiger partial charge in [0.1, 0.15) is 17.1 Å². The van der Waals surface area contributed by atoms with Crippen LogP contribution in [0.2, 0.25) is 0 Å². The van der Waals surface area contributed by atoms with E-state index < -0.39 is 0 Å². The molecule has 0 aliphatic rings. The summed E-state index contributed by atoms with van der Waals surface area (Å²) in [6.45, 7) is 3.23. The molecule has 15 heavy (non-hydrogen) atoms. The number of aromatic nitrogens is 3. The summed E-state index contributed by atoms with van der Waals surface area (Å²) in [6.07, 6.45) is 1.53. The van der Waals surface area contributed by atoms with Gasteiger partial charge in [0.15, 0.2) is 0 Å². The Balaban J connectivity index is 2.36. The Bertz CT molecular complexity index is 486. The van der Waals surface area contributed by atoms with Crippen LogP contribution in [0.3, 0.4) is 0 Å². The Labute approximate surface area is 85.7 Å². The summed E-state index contributed by atoms with van der Waals surface area (Å²) in [5.74, 6) is 0.547. The number of nitrogens with one attached hydrogen (secondary N) is 2. The Morgan fingerprint density at radius 3 is 3.00 bits per heavy atom. The SMILES string of the molecule is CC(=O)Nc1cn[nH]c1-c1cc(C)on1. The van der Waals surface area contributed by atoms with Crippen molar-refractivity contribution >= 4 is 11.6 Å². The van der Waals surface area contributed by atoms with Crippen LogP contribution in [-0.4, -0.2) is 21.3 Å². The minimum atomic E-state index is -0.155. The molecule has 0 aliphatic heterocycles. The van der Waals surface area contributed by atoms with Crippen molar-refractivity contribution in [3.05, 3.63) is 18.0 Å². The van der Waals surface area contributed by atoms with E-state index in [0.717, 1.165) is 0 Å². The van der Waals surface area contributed by atoms with Crippen molar-refractivity contribution in [3.63, 3.8) is 0 Å². The summed E-state index contributed by atoms with van der Waals surface area (Å²) in [4.78, 5) is 10.9. The number of aromatic amines is 1. The van der Waals surface area contributed by atoms with Crippen LogP contribution in [0.15, 0.2) is 16.8 Å². The molecule has 0 spiro atoms. The van der Waals surface area contributed by atoms with E-state index in [1.165, 1.54) is 13.1 Å². The van der Waals surface area contributed by atoms with Crippen molar-refractivity contribution in [2.24, 2.45) is 0 Å². The number of anilines is 1. The van der Waals surface area contributed by atoms with Crippen molar-refractivity contribution in [1.82, 2.24) is 15.4 Å². The monoisotopic (exact) mass is 206 g/mol. The Hall–Kier alpha value is -2.11. The molecular weight excluding hydrogens is 196 g/mol. The maximum Gasteiger partial charge on any atom is 0.221 e. The van der Waals surface area contributed by atoms with Gasteiger partial charge in [0.05, 0.1) is 11.9 Å². The molecule has 2 N–H and O–H groups in total. The molecule has 0 saturated carbocycles. The lowest BCUT2D eigenvalue weighted by atomic mass is 10.2.